The summed E-state index contributed by atoms with van der Waals surface area (Å²) >= 11 is 0. The van der Waals surface area contributed by atoms with Gasteiger partial charge in [-0.1, -0.05) is 41.5 Å². The Bertz CT molecular complexity index is 1180. The maximum atomic E-state index is 12.5. The number of ether oxygens (including phenoxy) is 2. The van der Waals surface area contributed by atoms with Crippen LogP contribution >= 0.6 is 0 Å². The van der Waals surface area contributed by atoms with E-state index in [0.717, 1.165) is 29.2 Å². The van der Waals surface area contributed by atoms with Gasteiger partial charge in [0.05, 0.1) is 11.1 Å². The Morgan fingerprint density at radius 2 is 1.30 bits per heavy atom. The van der Waals surface area contributed by atoms with Gasteiger partial charge in [0.1, 0.15) is 11.5 Å². The van der Waals surface area contributed by atoms with Crippen molar-refractivity contribution in [3.63, 3.8) is 0 Å². The molecule has 0 amide bonds. The second-order valence-corrected chi connectivity index (χ2v) is 7.51. The normalized spacial score (nSPS) is 13.4. The number of benzene rings is 3. The van der Waals surface area contributed by atoms with Gasteiger partial charge in [0.15, 0.2) is 0 Å². The van der Waals surface area contributed by atoms with E-state index in [0.29, 0.717) is 22.6 Å². The summed E-state index contributed by atoms with van der Waals surface area (Å²) < 4.78 is 10.9. The van der Waals surface area contributed by atoms with Gasteiger partial charge in [-0.2, -0.15) is 0 Å². The zero-order valence-corrected chi connectivity index (χ0v) is 17.0. The summed E-state index contributed by atoms with van der Waals surface area (Å²) in [5.74, 6) is 0.390. The highest BCUT2D eigenvalue weighted by atomic mass is 16.5. The first-order valence-corrected chi connectivity index (χ1v) is 9.89. The molecule has 0 atom stereocenters. The van der Waals surface area contributed by atoms with Gasteiger partial charge >= 0.3 is 11.9 Å². The maximum absolute atomic E-state index is 12.5. The number of rotatable bonds is 4. The molecular formula is C26H22O4. The summed E-state index contributed by atoms with van der Waals surface area (Å²) in [5, 5.41) is 1.70. The van der Waals surface area contributed by atoms with Crippen molar-refractivity contribution in [2.24, 2.45) is 0 Å². The maximum Gasteiger partial charge on any atom is 0.343 e. The van der Waals surface area contributed by atoms with E-state index in [2.05, 4.69) is 6.92 Å². The van der Waals surface area contributed by atoms with Crippen LogP contribution in [-0.4, -0.2) is 11.9 Å². The van der Waals surface area contributed by atoms with Crippen molar-refractivity contribution in [2.45, 2.75) is 26.7 Å². The number of esters is 2. The van der Waals surface area contributed by atoms with Crippen LogP contribution in [0.1, 0.15) is 46.0 Å². The van der Waals surface area contributed by atoms with Crippen LogP contribution < -0.4 is 4.74 Å². The van der Waals surface area contributed by atoms with Gasteiger partial charge in [-0.25, -0.2) is 9.59 Å². The van der Waals surface area contributed by atoms with Crippen LogP contribution in [0.15, 0.2) is 84.1 Å². The summed E-state index contributed by atoms with van der Waals surface area (Å²) in [6, 6.07) is 17.9. The molecule has 0 aromatic heterocycles. The molecule has 0 N–H and O–H groups in total. The second-order valence-electron chi connectivity index (χ2n) is 7.51. The average molecular weight is 398 g/mol. The number of hydrogen-bond donors (Lipinski definition) is 0. The van der Waals surface area contributed by atoms with Crippen molar-refractivity contribution in [3.8, 4) is 5.75 Å². The van der Waals surface area contributed by atoms with Gasteiger partial charge in [0.2, 0.25) is 0 Å². The second kappa shape index (κ2) is 8.37. The van der Waals surface area contributed by atoms with Crippen molar-refractivity contribution in [2.75, 3.05) is 0 Å². The van der Waals surface area contributed by atoms with Crippen LogP contribution in [0.25, 0.3) is 10.8 Å². The zero-order chi connectivity index (χ0) is 21.1. The predicted molar refractivity (Wildman–Crippen MR) is 117 cm³/mol. The summed E-state index contributed by atoms with van der Waals surface area (Å²) in [6.07, 6.45) is 5.46. The number of carbonyl (C=O) groups excluding carboxylic acids is 2. The van der Waals surface area contributed by atoms with Gasteiger partial charge < -0.3 is 9.47 Å². The SMILES string of the molecule is CC1=CC=C(OC(=O)c2ccc3cc(C(=O)Oc4ccc(C)cc4)ccc3c2)CC1. The Morgan fingerprint density at radius 3 is 1.87 bits per heavy atom. The highest BCUT2D eigenvalue weighted by molar-refractivity contribution is 5.99. The number of aryl methyl sites for hydroxylation is 1. The molecule has 0 fully saturated rings. The van der Waals surface area contributed by atoms with E-state index in [1.165, 1.54) is 5.57 Å². The molecule has 1 aliphatic carbocycles. The molecule has 30 heavy (non-hydrogen) atoms. The van der Waals surface area contributed by atoms with Gasteiger partial charge in [0, 0.05) is 6.42 Å². The molecule has 0 radical (unpaired) electrons. The summed E-state index contributed by atoms with van der Waals surface area (Å²) in [5.41, 5.74) is 3.30. The van der Waals surface area contributed by atoms with Gasteiger partial charge in [-0.3, -0.25) is 0 Å². The molecule has 4 nitrogen and oxygen atoms in total. The summed E-state index contributed by atoms with van der Waals surface area (Å²) in [6.45, 7) is 4.03. The monoisotopic (exact) mass is 398 g/mol. The van der Waals surface area contributed by atoms with Crippen LogP contribution in [0.2, 0.25) is 0 Å². The van der Waals surface area contributed by atoms with Crippen LogP contribution in [0.5, 0.6) is 5.75 Å². The van der Waals surface area contributed by atoms with Gasteiger partial charge in [-0.15, -0.1) is 0 Å². The molecule has 0 heterocycles. The minimum atomic E-state index is -0.420. The Hall–Kier alpha value is -3.66. The standard InChI is InChI=1S/C26H22O4/c1-17-3-11-23(12-4-17)29-25(27)21-9-7-20-16-22(10-8-19(20)15-21)26(28)30-24-13-5-18(2)6-14-24/h3-5,7-13,15-16H,6,14H2,1-2H3. The Kier molecular flexibility index (Phi) is 5.48. The molecule has 0 unspecified atom stereocenters. The fraction of sp³-hybridized carbons (Fsp3) is 0.154. The molecular weight excluding hydrogens is 376 g/mol. The third kappa shape index (κ3) is 4.49. The van der Waals surface area contributed by atoms with E-state index < -0.39 is 5.97 Å². The lowest BCUT2D eigenvalue weighted by molar-refractivity contribution is 0.0612. The van der Waals surface area contributed by atoms with Gasteiger partial charge in [0.25, 0.3) is 0 Å². The molecule has 3 aromatic rings. The van der Waals surface area contributed by atoms with Gasteiger partial charge in [-0.05, 0) is 73.5 Å². The number of carbonyl (C=O) groups is 2. The minimum absolute atomic E-state index is 0.376. The summed E-state index contributed by atoms with van der Waals surface area (Å²) in [7, 11) is 0. The van der Waals surface area contributed by atoms with Crippen LogP contribution in [-0.2, 0) is 4.74 Å². The van der Waals surface area contributed by atoms with E-state index in [1.807, 2.05) is 43.3 Å². The molecule has 0 bridgehead atoms. The highest BCUT2D eigenvalue weighted by Crippen LogP contribution is 2.23. The predicted octanol–water partition coefficient (Wildman–Crippen LogP) is 6.15. The number of fused-ring (bicyclic) bond motifs is 1. The van der Waals surface area contributed by atoms with E-state index >= 15 is 0 Å². The van der Waals surface area contributed by atoms with Crippen LogP contribution in [0, 0.1) is 6.92 Å². The minimum Gasteiger partial charge on any atom is -0.427 e. The number of hydrogen-bond acceptors (Lipinski definition) is 4. The van der Waals surface area contributed by atoms with E-state index in [4.69, 9.17) is 9.47 Å². The largest absolute Gasteiger partial charge is 0.427 e. The fourth-order valence-corrected chi connectivity index (χ4v) is 3.26. The van der Waals surface area contributed by atoms with E-state index in [-0.39, 0.29) is 5.97 Å². The van der Waals surface area contributed by atoms with Crippen LogP contribution in [0.3, 0.4) is 0 Å². The number of allylic oxidation sites excluding steroid dienone is 4. The average Bonchev–Trinajstić information content (AvgIpc) is 2.76. The lowest BCUT2D eigenvalue weighted by Crippen LogP contribution is -2.08. The van der Waals surface area contributed by atoms with E-state index in [9.17, 15) is 9.59 Å². The smallest absolute Gasteiger partial charge is 0.343 e. The van der Waals surface area contributed by atoms with Crippen molar-refractivity contribution >= 4 is 22.7 Å². The van der Waals surface area contributed by atoms with Crippen molar-refractivity contribution in [3.05, 3.63) is 101 Å². The Labute approximate surface area is 175 Å². The quantitative estimate of drug-likeness (QED) is 0.391. The first kappa shape index (κ1) is 19.6. The van der Waals surface area contributed by atoms with Crippen LogP contribution in [0.4, 0.5) is 0 Å². The van der Waals surface area contributed by atoms with Crippen molar-refractivity contribution < 1.29 is 19.1 Å². The summed E-state index contributed by atoms with van der Waals surface area (Å²) in [4.78, 5) is 24.9. The molecule has 1 aliphatic rings. The zero-order valence-electron chi connectivity index (χ0n) is 17.0. The molecule has 0 aliphatic heterocycles. The Morgan fingerprint density at radius 1 is 0.700 bits per heavy atom. The molecule has 3 aromatic carbocycles. The molecule has 0 saturated heterocycles. The molecule has 0 saturated carbocycles. The first-order chi connectivity index (χ1) is 14.5. The lowest BCUT2D eigenvalue weighted by atomic mass is 10.0. The molecule has 4 heteroatoms. The third-order valence-electron chi connectivity index (χ3n) is 5.09. The lowest BCUT2D eigenvalue weighted by Gasteiger charge is -2.12. The highest BCUT2D eigenvalue weighted by Gasteiger charge is 2.14. The Balaban J connectivity index is 1.50. The molecule has 0 spiro atoms. The third-order valence-corrected chi connectivity index (χ3v) is 5.09. The van der Waals surface area contributed by atoms with Crippen molar-refractivity contribution in [1.29, 1.82) is 0 Å². The van der Waals surface area contributed by atoms with E-state index in [1.54, 1.807) is 36.4 Å². The molecule has 4 rings (SSSR count). The van der Waals surface area contributed by atoms with Crippen molar-refractivity contribution in [1.82, 2.24) is 0 Å². The fourth-order valence-electron chi connectivity index (χ4n) is 3.26. The molecule has 150 valence electrons. The topological polar surface area (TPSA) is 52.6 Å². The first-order valence-electron chi connectivity index (χ1n) is 9.89.